The first kappa shape index (κ1) is 20.8. The molecular weight excluding hydrogens is 392 g/mol. The van der Waals surface area contributed by atoms with E-state index < -0.39 is 35.0 Å². The van der Waals surface area contributed by atoms with E-state index in [1.54, 1.807) is 0 Å². The minimum atomic E-state index is -3.04. The summed E-state index contributed by atoms with van der Waals surface area (Å²) >= 11 is 0. The molecule has 1 atom stereocenters. The van der Waals surface area contributed by atoms with E-state index in [2.05, 4.69) is 5.32 Å². The topological polar surface area (TPSA) is 69.6 Å². The molecule has 9 heteroatoms. The number of rotatable bonds is 5. The molecule has 2 aromatic rings. The molecule has 0 radical (unpaired) electrons. The van der Waals surface area contributed by atoms with Crippen LogP contribution in [-0.4, -0.2) is 29.1 Å². The molecule has 0 saturated carbocycles. The fourth-order valence-corrected chi connectivity index (χ4v) is 3.14. The number of carbonyl (C=O) groups is 2. The lowest BCUT2D eigenvalue weighted by Crippen LogP contribution is -2.52. The van der Waals surface area contributed by atoms with Crippen molar-refractivity contribution < 1.29 is 32.3 Å². The normalized spacial score (nSPS) is 19.5. The fraction of sp³-hybridized carbons (Fsp3) is 0.300. The summed E-state index contributed by atoms with van der Waals surface area (Å²) in [6, 6.07) is 7.66. The third kappa shape index (κ3) is 4.24. The van der Waals surface area contributed by atoms with Gasteiger partial charge in [-0.3, -0.25) is 9.59 Å². The summed E-state index contributed by atoms with van der Waals surface area (Å²) in [6.07, 6.45) is -0.221. The van der Waals surface area contributed by atoms with Crippen molar-refractivity contribution in [3.05, 3.63) is 65.2 Å². The Kier molecular flexibility index (Phi) is 5.36. The highest BCUT2D eigenvalue weighted by atomic mass is 19.3. The van der Waals surface area contributed by atoms with Crippen LogP contribution in [0.5, 0.6) is 0 Å². The lowest BCUT2D eigenvalue weighted by molar-refractivity contribution is -0.149. The zero-order valence-corrected chi connectivity index (χ0v) is 15.4. The van der Waals surface area contributed by atoms with E-state index in [9.17, 15) is 32.3 Å². The SMILES string of the molecule is CC(F)(F)c1ccc(N2CC[C@](O)(C(=O)NCc3cc(F)cc(F)c3)C2=O)cc1. The van der Waals surface area contributed by atoms with Gasteiger partial charge in [-0.05, 0) is 29.8 Å². The highest BCUT2D eigenvalue weighted by Crippen LogP contribution is 2.32. The first-order valence-corrected chi connectivity index (χ1v) is 8.77. The molecule has 5 nitrogen and oxygen atoms in total. The standard InChI is InChI=1S/C20H18F4N2O3/c1-19(23,24)13-2-4-16(5-3-13)26-7-6-20(29,18(26)28)17(27)25-11-12-8-14(21)10-15(22)9-12/h2-5,8-10,29H,6-7,11H2,1H3,(H,25,27)/t20-/m0/s1. The van der Waals surface area contributed by atoms with E-state index in [4.69, 9.17) is 0 Å². The maximum Gasteiger partial charge on any atom is 0.270 e. The number of benzene rings is 2. The zero-order chi connectivity index (χ0) is 21.4. The molecule has 1 aliphatic heterocycles. The Morgan fingerprint density at radius 1 is 1.17 bits per heavy atom. The van der Waals surface area contributed by atoms with Crippen LogP contribution in [0.15, 0.2) is 42.5 Å². The predicted molar refractivity (Wildman–Crippen MR) is 96.1 cm³/mol. The number of nitrogens with zero attached hydrogens (tertiary/aromatic N) is 1. The van der Waals surface area contributed by atoms with Crippen LogP contribution in [0.3, 0.4) is 0 Å². The Balaban J connectivity index is 1.70. The van der Waals surface area contributed by atoms with E-state index in [-0.39, 0.29) is 36.3 Å². The summed E-state index contributed by atoms with van der Waals surface area (Å²) in [4.78, 5) is 26.1. The molecule has 2 aromatic carbocycles. The molecule has 3 rings (SSSR count). The van der Waals surface area contributed by atoms with Crippen molar-refractivity contribution in [2.45, 2.75) is 31.4 Å². The van der Waals surface area contributed by atoms with Gasteiger partial charge >= 0.3 is 0 Å². The van der Waals surface area contributed by atoms with Crippen LogP contribution < -0.4 is 10.2 Å². The van der Waals surface area contributed by atoms with Gasteiger partial charge in [-0.2, -0.15) is 0 Å². The third-order valence-electron chi connectivity index (χ3n) is 4.73. The Hall–Kier alpha value is -2.94. The average molecular weight is 410 g/mol. The number of anilines is 1. The summed E-state index contributed by atoms with van der Waals surface area (Å²) in [5, 5.41) is 12.9. The van der Waals surface area contributed by atoms with E-state index in [0.29, 0.717) is 6.07 Å². The number of hydrogen-bond acceptors (Lipinski definition) is 3. The van der Waals surface area contributed by atoms with Crippen LogP contribution in [0.4, 0.5) is 23.2 Å². The lowest BCUT2D eigenvalue weighted by Gasteiger charge is -2.22. The first-order valence-electron chi connectivity index (χ1n) is 8.77. The number of carbonyl (C=O) groups excluding carboxylic acids is 2. The number of halogens is 4. The van der Waals surface area contributed by atoms with Crippen LogP contribution in [0.2, 0.25) is 0 Å². The number of amides is 2. The second-order valence-corrected chi connectivity index (χ2v) is 6.96. The second-order valence-electron chi connectivity index (χ2n) is 6.96. The maximum atomic E-state index is 13.3. The van der Waals surface area contributed by atoms with E-state index >= 15 is 0 Å². The van der Waals surface area contributed by atoms with Gasteiger partial charge in [0.25, 0.3) is 17.7 Å². The number of hydrogen-bond donors (Lipinski definition) is 2. The second kappa shape index (κ2) is 7.47. The Labute approximate surface area is 163 Å². The van der Waals surface area contributed by atoms with Crippen molar-refractivity contribution in [3.63, 3.8) is 0 Å². The number of alkyl halides is 2. The molecule has 2 amide bonds. The molecule has 0 aromatic heterocycles. The van der Waals surface area contributed by atoms with Gasteiger partial charge in [0.05, 0.1) is 0 Å². The van der Waals surface area contributed by atoms with Gasteiger partial charge in [0.15, 0.2) is 0 Å². The number of aliphatic hydroxyl groups is 1. The van der Waals surface area contributed by atoms with E-state index in [0.717, 1.165) is 24.0 Å². The molecule has 1 saturated heterocycles. The average Bonchev–Trinajstić information content (AvgIpc) is 2.94. The minimum absolute atomic E-state index is 0.000783. The third-order valence-corrected chi connectivity index (χ3v) is 4.73. The summed E-state index contributed by atoms with van der Waals surface area (Å²) in [5.41, 5.74) is -2.21. The molecule has 0 unspecified atom stereocenters. The van der Waals surface area contributed by atoms with Crippen molar-refractivity contribution in [2.24, 2.45) is 0 Å². The van der Waals surface area contributed by atoms with Crippen molar-refractivity contribution in [1.29, 1.82) is 0 Å². The van der Waals surface area contributed by atoms with Gasteiger partial charge in [0.2, 0.25) is 5.60 Å². The van der Waals surface area contributed by atoms with Gasteiger partial charge < -0.3 is 15.3 Å². The molecule has 2 N–H and O–H groups in total. The molecule has 0 aliphatic carbocycles. The van der Waals surface area contributed by atoms with Crippen molar-refractivity contribution in [1.82, 2.24) is 5.32 Å². The minimum Gasteiger partial charge on any atom is -0.372 e. The highest BCUT2D eigenvalue weighted by Gasteiger charge is 2.51. The molecular formula is C20H18F4N2O3. The summed E-state index contributed by atoms with van der Waals surface area (Å²) in [6.45, 7) is 0.458. The predicted octanol–water partition coefficient (Wildman–Crippen LogP) is 2.86. The molecule has 0 spiro atoms. The van der Waals surface area contributed by atoms with Gasteiger partial charge in [-0.15, -0.1) is 0 Å². The smallest absolute Gasteiger partial charge is 0.270 e. The number of nitrogens with one attached hydrogen (secondary N) is 1. The van der Waals surface area contributed by atoms with Crippen LogP contribution in [0.25, 0.3) is 0 Å². The van der Waals surface area contributed by atoms with Gasteiger partial charge in [-0.25, -0.2) is 17.6 Å². The largest absolute Gasteiger partial charge is 0.372 e. The Morgan fingerprint density at radius 2 is 1.76 bits per heavy atom. The fourth-order valence-electron chi connectivity index (χ4n) is 3.14. The Bertz CT molecular complexity index is 923. The van der Waals surface area contributed by atoms with Crippen LogP contribution in [-0.2, 0) is 22.1 Å². The van der Waals surface area contributed by atoms with Crippen LogP contribution in [0.1, 0.15) is 24.5 Å². The van der Waals surface area contributed by atoms with Crippen LogP contribution >= 0.6 is 0 Å². The molecule has 0 bridgehead atoms. The lowest BCUT2D eigenvalue weighted by atomic mass is 10.0. The summed E-state index contributed by atoms with van der Waals surface area (Å²) < 4.78 is 53.1. The molecule has 154 valence electrons. The molecule has 1 aliphatic rings. The Morgan fingerprint density at radius 3 is 2.31 bits per heavy atom. The highest BCUT2D eigenvalue weighted by molar-refractivity contribution is 6.16. The van der Waals surface area contributed by atoms with Gasteiger partial charge in [0, 0.05) is 43.8 Å². The molecule has 1 fully saturated rings. The zero-order valence-electron chi connectivity index (χ0n) is 15.4. The molecule has 1 heterocycles. The summed E-state index contributed by atoms with van der Waals surface area (Å²) in [5.74, 6) is -6.60. The maximum absolute atomic E-state index is 13.3. The van der Waals surface area contributed by atoms with Gasteiger partial charge in [-0.1, -0.05) is 12.1 Å². The van der Waals surface area contributed by atoms with Crippen molar-refractivity contribution >= 4 is 17.5 Å². The monoisotopic (exact) mass is 410 g/mol. The van der Waals surface area contributed by atoms with E-state index in [1.165, 1.54) is 24.3 Å². The van der Waals surface area contributed by atoms with Crippen LogP contribution in [0, 0.1) is 11.6 Å². The van der Waals surface area contributed by atoms with Crippen molar-refractivity contribution in [3.8, 4) is 0 Å². The van der Waals surface area contributed by atoms with E-state index in [1.807, 2.05) is 0 Å². The van der Waals surface area contributed by atoms with Crippen molar-refractivity contribution in [2.75, 3.05) is 11.4 Å². The molecule has 29 heavy (non-hydrogen) atoms. The summed E-state index contributed by atoms with van der Waals surface area (Å²) in [7, 11) is 0. The quantitative estimate of drug-likeness (QED) is 0.588. The van der Waals surface area contributed by atoms with Gasteiger partial charge in [0.1, 0.15) is 11.6 Å². The first-order chi connectivity index (χ1) is 13.5.